The first-order valence-electron chi connectivity index (χ1n) is 5.29. The molecule has 0 aliphatic heterocycles. The maximum Gasteiger partial charge on any atom is 0.222 e. The SMILES string of the molecule is CN(C)C(=O)CCCNc1cccc(Cl)c1. The summed E-state index contributed by atoms with van der Waals surface area (Å²) < 4.78 is 0. The van der Waals surface area contributed by atoms with Crippen molar-refractivity contribution in [3.8, 4) is 0 Å². The predicted molar refractivity (Wildman–Crippen MR) is 67.9 cm³/mol. The van der Waals surface area contributed by atoms with E-state index in [1.807, 2.05) is 24.3 Å². The summed E-state index contributed by atoms with van der Waals surface area (Å²) in [6.07, 6.45) is 1.39. The molecular weight excluding hydrogens is 224 g/mol. The second kappa shape index (κ2) is 6.38. The highest BCUT2D eigenvalue weighted by Crippen LogP contribution is 2.14. The van der Waals surface area contributed by atoms with E-state index in [1.165, 1.54) is 0 Å². The zero-order valence-corrected chi connectivity index (χ0v) is 10.4. The zero-order valence-electron chi connectivity index (χ0n) is 9.66. The van der Waals surface area contributed by atoms with E-state index in [9.17, 15) is 4.79 Å². The van der Waals surface area contributed by atoms with Gasteiger partial charge in [0.25, 0.3) is 0 Å². The molecule has 0 aromatic heterocycles. The van der Waals surface area contributed by atoms with Crippen LogP contribution >= 0.6 is 11.6 Å². The quantitative estimate of drug-likeness (QED) is 0.803. The van der Waals surface area contributed by atoms with Crippen LogP contribution in [0.4, 0.5) is 5.69 Å². The van der Waals surface area contributed by atoms with Gasteiger partial charge in [-0.25, -0.2) is 0 Å². The summed E-state index contributed by atoms with van der Waals surface area (Å²) in [5.41, 5.74) is 0.991. The van der Waals surface area contributed by atoms with Gasteiger partial charge in [0.05, 0.1) is 0 Å². The number of anilines is 1. The highest BCUT2D eigenvalue weighted by molar-refractivity contribution is 6.30. The number of nitrogens with one attached hydrogen (secondary N) is 1. The molecule has 1 aromatic carbocycles. The Labute approximate surface area is 101 Å². The van der Waals surface area contributed by atoms with Crippen LogP contribution in [0, 0.1) is 0 Å². The number of amides is 1. The summed E-state index contributed by atoms with van der Waals surface area (Å²) in [5.74, 6) is 0.160. The third kappa shape index (κ3) is 4.53. The molecule has 0 aliphatic rings. The van der Waals surface area contributed by atoms with Crippen LogP contribution in [0.2, 0.25) is 5.02 Å². The fourth-order valence-electron chi connectivity index (χ4n) is 1.29. The van der Waals surface area contributed by atoms with Crippen LogP contribution in [0.3, 0.4) is 0 Å². The maximum atomic E-state index is 11.3. The monoisotopic (exact) mass is 240 g/mol. The number of hydrogen-bond donors (Lipinski definition) is 1. The van der Waals surface area contributed by atoms with E-state index in [4.69, 9.17) is 11.6 Å². The molecule has 16 heavy (non-hydrogen) atoms. The zero-order chi connectivity index (χ0) is 12.0. The number of benzene rings is 1. The number of rotatable bonds is 5. The number of hydrogen-bond acceptors (Lipinski definition) is 2. The molecule has 0 aliphatic carbocycles. The van der Waals surface area contributed by atoms with Crippen molar-refractivity contribution in [2.24, 2.45) is 0 Å². The lowest BCUT2D eigenvalue weighted by Gasteiger charge is -2.10. The molecular formula is C12H17ClN2O. The summed E-state index contributed by atoms with van der Waals surface area (Å²) in [5, 5.41) is 3.94. The van der Waals surface area contributed by atoms with E-state index in [0.717, 1.165) is 23.7 Å². The van der Waals surface area contributed by atoms with Gasteiger partial charge in [0.1, 0.15) is 0 Å². The third-order valence-electron chi connectivity index (χ3n) is 2.22. The summed E-state index contributed by atoms with van der Waals surface area (Å²) >= 11 is 5.85. The third-order valence-corrected chi connectivity index (χ3v) is 2.46. The van der Waals surface area contributed by atoms with Crippen molar-refractivity contribution >= 4 is 23.2 Å². The lowest BCUT2D eigenvalue weighted by Crippen LogP contribution is -2.21. The average molecular weight is 241 g/mol. The van der Waals surface area contributed by atoms with Gasteiger partial charge in [0.15, 0.2) is 0 Å². The van der Waals surface area contributed by atoms with Gasteiger partial charge in [-0.2, -0.15) is 0 Å². The Kier molecular flexibility index (Phi) is 5.12. The smallest absolute Gasteiger partial charge is 0.222 e. The molecule has 0 bridgehead atoms. The van der Waals surface area contributed by atoms with Crippen LogP contribution in [0.1, 0.15) is 12.8 Å². The van der Waals surface area contributed by atoms with Gasteiger partial charge >= 0.3 is 0 Å². The molecule has 0 heterocycles. The number of carbonyl (C=O) groups is 1. The van der Waals surface area contributed by atoms with E-state index < -0.39 is 0 Å². The Morgan fingerprint density at radius 2 is 2.19 bits per heavy atom. The number of nitrogens with zero attached hydrogens (tertiary/aromatic N) is 1. The van der Waals surface area contributed by atoms with Gasteiger partial charge in [-0.1, -0.05) is 17.7 Å². The summed E-state index contributed by atoms with van der Waals surface area (Å²) in [4.78, 5) is 12.9. The molecule has 0 fully saturated rings. The lowest BCUT2D eigenvalue weighted by molar-refractivity contribution is -0.128. The maximum absolute atomic E-state index is 11.3. The molecule has 0 unspecified atom stereocenters. The van der Waals surface area contributed by atoms with E-state index in [0.29, 0.717) is 6.42 Å². The minimum absolute atomic E-state index is 0.160. The van der Waals surface area contributed by atoms with Crippen LogP contribution < -0.4 is 5.32 Å². The van der Waals surface area contributed by atoms with Crippen molar-refractivity contribution in [3.05, 3.63) is 29.3 Å². The van der Waals surface area contributed by atoms with E-state index in [1.54, 1.807) is 19.0 Å². The number of halogens is 1. The minimum atomic E-state index is 0.160. The van der Waals surface area contributed by atoms with Gasteiger partial charge in [-0.3, -0.25) is 4.79 Å². The standard InChI is InChI=1S/C12H17ClN2O/c1-15(2)12(16)7-4-8-14-11-6-3-5-10(13)9-11/h3,5-6,9,14H,4,7-8H2,1-2H3. The Morgan fingerprint density at radius 3 is 2.81 bits per heavy atom. The van der Waals surface area contributed by atoms with E-state index in [-0.39, 0.29) is 5.91 Å². The molecule has 3 nitrogen and oxygen atoms in total. The van der Waals surface area contributed by atoms with Crippen molar-refractivity contribution in [1.82, 2.24) is 4.90 Å². The van der Waals surface area contributed by atoms with Gasteiger partial charge < -0.3 is 10.2 Å². The second-order valence-corrected chi connectivity index (χ2v) is 4.27. The van der Waals surface area contributed by atoms with Crippen LogP contribution in [0.5, 0.6) is 0 Å². The largest absolute Gasteiger partial charge is 0.385 e. The fraction of sp³-hybridized carbons (Fsp3) is 0.417. The normalized spacial score (nSPS) is 9.94. The molecule has 88 valence electrons. The minimum Gasteiger partial charge on any atom is -0.385 e. The van der Waals surface area contributed by atoms with Gasteiger partial charge in [-0.05, 0) is 24.6 Å². The summed E-state index contributed by atoms with van der Waals surface area (Å²) in [6, 6.07) is 7.56. The predicted octanol–water partition coefficient (Wildman–Crippen LogP) is 2.62. The van der Waals surface area contributed by atoms with Crippen molar-refractivity contribution in [3.63, 3.8) is 0 Å². The highest BCUT2D eigenvalue weighted by atomic mass is 35.5. The molecule has 0 atom stereocenters. The Hall–Kier alpha value is -1.22. The average Bonchev–Trinajstić information content (AvgIpc) is 2.24. The Balaban J connectivity index is 2.23. The molecule has 4 heteroatoms. The van der Waals surface area contributed by atoms with E-state index in [2.05, 4.69) is 5.32 Å². The topological polar surface area (TPSA) is 32.3 Å². The van der Waals surface area contributed by atoms with Gasteiger partial charge in [-0.15, -0.1) is 0 Å². The van der Waals surface area contributed by atoms with Crippen molar-refractivity contribution in [1.29, 1.82) is 0 Å². The van der Waals surface area contributed by atoms with Crippen molar-refractivity contribution in [2.45, 2.75) is 12.8 Å². The van der Waals surface area contributed by atoms with Crippen LogP contribution in [-0.4, -0.2) is 31.4 Å². The molecule has 0 saturated heterocycles. The molecule has 1 N–H and O–H groups in total. The fourth-order valence-corrected chi connectivity index (χ4v) is 1.48. The Morgan fingerprint density at radius 1 is 1.44 bits per heavy atom. The molecule has 0 saturated carbocycles. The first kappa shape index (κ1) is 12.8. The second-order valence-electron chi connectivity index (χ2n) is 3.83. The Bertz CT molecular complexity index is 353. The van der Waals surface area contributed by atoms with Gasteiger partial charge in [0.2, 0.25) is 5.91 Å². The molecule has 0 radical (unpaired) electrons. The molecule has 1 aromatic rings. The molecule has 1 amide bonds. The first-order valence-corrected chi connectivity index (χ1v) is 5.67. The molecule has 1 rings (SSSR count). The highest BCUT2D eigenvalue weighted by Gasteiger charge is 2.02. The molecule has 0 spiro atoms. The van der Waals surface area contributed by atoms with Crippen LogP contribution in [0.15, 0.2) is 24.3 Å². The van der Waals surface area contributed by atoms with E-state index >= 15 is 0 Å². The van der Waals surface area contributed by atoms with Crippen molar-refractivity contribution in [2.75, 3.05) is 26.0 Å². The van der Waals surface area contributed by atoms with Crippen molar-refractivity contribution < 1.29 is 4.79 Å². The first-order chi connectivity index (χ1) is 7.59. The van der Waals surface area contributed by atoms with Gasteiger partial charge in [0, 0.05) is 37.8 Å². The summed E-state index contributed by atoms with van der Waals surface area (Å²) in [6.45, 7) is 0.778. The lowest BCUT2D eigenvalue weighted by atomic mass is 10.2. The van der Waals surface area contributed by atoms with Crippen LogP contribution in [0.25, 0.3) is 0 Å². The van der Waals surface area contributed by atoms with Crippen LogP contribution in [-0.2, 0) is 4.79 Å². The number of carbonyl (C=O) groups excluding carboxylic acids is 1. The summed E-state index contributed by atoms with van der Waals surface area (Å²) in [7, 11) is 3.54.